The number of hydrogen-bond donors (Lipinski definition) is 1. The molecule has 1 atom stereocenters. The van der Waals surface area contributed by atoms with Gasteiger partial charge in [-0.25, -0.2) is 0 Å². The number of ketones is 1. The average Bonchev–Trinajstić information content (AvgIpc) is 3.45. The molecule has 6 nitrogen and oxygen atoms in total. The molecule has 2 aromatic carbocycles. The molecule has 1 unspecified atom stereocenters. The van der Waals surface area contributed by atoms with E-state index in [9.17, 15) is 14.7 Å². The standard InChI is InChI=1S/C28H29NO5/c1-3-4-5-16-33-22-14-12-20(13-15-22)25-24(26(30)21-10-8-19(2)9-11-21)27(31)28(32)29(25)18-23-7-6-17-34-23/h6-15,17,25,30H,3-5,16,18H2,1-2H3/b26-24+. The number of carbonyl (C=O) groups excluding carboxylic acids is 2. The Bertz CT molecular complexity index is 1160. The number of carbonyl (C=O) groups is 2. The molecule has 0 radical (unpaired) electrons. The highest BCUT2D eigenvalue weighted by Crippen LogP contribution is 2.40. The fourth-order valence-electron chi connectivity index (χ4n) is 4.12. The summed E-state index contributed by atoms with van der Waals surface area (Å²) < 4.78 is 11.2. The van der Waals surface area contributed by atoms with E-state index in [1.807, 2.05) is 43.3 Å². The molecule has 176 valence electrons. The van der Waals surface area contributed by atoms with Gasteiger partial charge in [-0.15, -0.1) is 0 Å². The predicted octanol–water partition coefficient (Wildman–Crippen LogP) is 5.78. The van der Waals surface area contributed by atoms with Crippen LogP contribution < -0.4 is 4.74 Å². The molecule has 1 amide bonds. The molecule has 0 aliphatic carbocycles. The SMILES string of the molecule is CCCCCOc1ccc(C2/C(=C(\O)c3ccc(C)cc3)C(=O)C(=O)N2Cc2ccco2)cc1. The molecular weight excluding hydrogens is 430 g/mol. The maximum absolute atomic E-state index is 13.1. The third kappa shape index (κ3) is 4.91. The zero-order valence-electron chi connectivity index (χ0n) is 19.5. The molecule has 1 aromatic heterocycles. The van der Waals surface area contributed by atoms with Gasteiger partial charge < -0.3 is 19.2 Å². The van der Waals surface area contributed by atoms with Crippen molar-refractivity contribution in [2.45, 2.75) is 45.7 Å². The molecule has 0 bridgehead atoms. The molecule has 4 rings (SSSR count). The van der Waals surface area contributed by atoms with Gasteiger partial charge in [0, 0.05) is 5.56 Å². The van der Waals surface area contributed by atoms with E-state index in [0.717, 1.165) is 30.6 Å². The quantitative estimate of drug-likeness (QED) is 0.190. The molecule has 1 aliphatic heterocycles. The van der Waals surface area contributed by atoms with E-state index in [0.29, 0.717) is 23.5 Å². The van der Waals surface area contributed by atoms with Crippen molar-refractivity contribution in [3.05, 3.63) is 95.0 Å². The number of ether oxygens (including phenoxy) is 1. The number of rotatable bonds is 9. The molecule has 3 aromatic rings. The fourth-order valence-corrected chi connectivity index (χ4v) is 4.12. The van der Waals surface area contributed by atoms with Gasteiger partial charge in [-0.1, -0.05) is 61.7 Å². The highest BCUT2D eigenvalue weighted by Gasteiger charge is 2.46. The number of Topliss-reactive ketones (excluding diaryl/α,β-unsaturated/α-hetero) is 1. The van der Waals surface area contributed by atoms with Crippen molar-refractivity contribution in [3.63, 3.8) is 0 Å². The molecule has 1 aliphatic rings. The van der Waals surface area contributed by atoms with Crippen molar-refractivity contribution in [2.75, 3.05) is 6.61 Å². The fraction of sp³-hybridized carbons (Fsp3) is 0.286. The van der Waals surface area contributed by atoms with Gasteiger partial charge >= 0.3 is 0 Å². The number of nitrogens with zero attached hydrogens (tertiary/aromatic N) is 1. The second kappa shape index (κ2) is 10.4. The summed E-state index contributed by atoms with van der Waals surface area (Å²) in [6.45, 7) is 4.84. The van der Waals surface area contributed by atoms with Crippen LogP contribution in [0.5, 0.6) is 5.75 Å². The van der Waals surface area contributed by atoms with Crippen LogP contribution in [-0.4, -0.2) is 28.3 Å². The van der Waals surface area contributed by atoms with E-state index in [1.165, 1.54) is 11.2 Å². The van der Waals surface area contributed by atoms with Crippen LogP contribution in [0.4, 0.5) is 0 Å². The summed E-state index contributed by atoms with van der Waals surface area (Å²) in [7, 11) is 0. The lowest BCUT2D eigenvalue weighted by molar-refractivity contribution is -0.140. The second-order valence-electron chi connectivity index (χ2n) is 8.50. The van der Waals surface area contributed by atoms with Crippen LogP contribution in [0.1, 0.15) is 54.7 Å². The molecule has 34 heavy (non-hydrogen) atoms. The Morgan fingerprint density at radius 3 is 2.41 bits per heavy atom. The van der Waals surface area contributed by atoms with Gasteiger partial charge in [0.05, 0.1) is 31.0 Å². The highest BCUT2D eigenvalue weighted by molar-refractivity contribution is 6.46. The maximum Gasteiger partial charge on any atom is 0.296 e. The Morgan fingerprint density at radius 2 is 1.76 bits per heavy atom. The van der Waals surface area contributed by atoms with E-state index in [4.69, 9.17) is 9.15 Å². The summed E-state index contributed by atoms with van der Waals surface area (Å²) >= 11 is 0. The smallest absolute Gasteiger partial charge is 0.296 e. The molecule has 2 heterocycles. The van der Waals surface area contributed by atoms with Gasteiger partial charge in [-0.2, -0.15) is 0 Å². The third-order valence-electron chi connectivity index (χ3n) is 5.98. The van der Waals surface area contributed by atoms with Crippen LogP contribution in [0.15, 0.2) is 76.9 Å². The van der Waals surface area contributed by atoms with Crippen LogP contribution in [0.25, 0.3) is 5.76 Å². The lowest BCUT2D eigenvalue weighted by Gasteiger charge is -2.24. The van der Waals surface area contributed by atoms with Crippen molar-refractivity contribution < 1.29 is 23.8 Å². The van der Waals surface area contributed by atoms with Crippen LogP contribution in [0, 0.1) is 6.92 Å². The van der Waals surface area contributed by atoms with Crippen LogP contribution >= 0.6 is 0 Å². The minimum atomic E-state index is -0.749. The molecule has 1 fully saturated rings. The number of likely N-dealkylation sites (tertiary alicyclic amines) is 1. The Morgan fingerprint density at radius 1 is 1.03 bits per heavy atom. The number of amides is 1. The minimum absolute atomic E-state index is 0.0667. The lowest BCUT2D eigenvalue weighted by Crippen LogP contribution is -2.29. The highest BCUT2D eigenvalue weighted by atomic mass is 16.5. The predicted molar refractivity (Wildman–Crippen MR) is 129 cm³/mol. The summed E-state index contributed by atoms with van der Waals surface area (Å²) in [5, 5.41) is 11.1. The summed E-state index contributed by atoms with van der Waals surface area (Å²) in [6.07, 6.45) is 4.74. The molecule has 1 N–H and O–H groups in total. The number of unbranched alkanes of at least 4 members (excludes halogenated alkanes) is 2. The van der Waals surface area contributed by atoms with Gasteiger partial charge in [0.15, 0.2) is 0 Å². The number of aryl methyl sites for hydroxylation is 1. The molecule has 0 saturated carbocycles. The first kappa shape index (κ1) is 23.4. The summed E-state index contributed by atoms with van der Waals surface area (Å²) in [5.41, 5.74) is 2.29. The first-order chi connectivity index (χ1) is 16.5. The lowest BCUT2D eigenvalue weighted by atomic mass is 9.95. The zero-order chi connectivity index (χ0) is 24.1. The van der Waals surface area contributed by atoms with E-state index in [-0.39, 0.29) is 17.9 Å². The third-order valence-corrected chi connectivity index (χ3v) is 5.98. The van der Waals surface area contributed by atoms with Gasteiger partial charge in [-0.3, -0.25) is 9.59 Å². The molecule has 6 heteroatoms. The Balaban J connectivity index is 1.71. The van der Waals surface area contributed by atoms with Crippen molar-refractivity contribution in [1.29, 1.82) is 0 Å². The van der Waals surface area contributed by atoms with Gasteiger partial charge in [0.1, 0.15) is 17.3 Å². The van der Waals surface area contributed by atoms with Gasteiger partial charge in [0.25, 0.3) is 11.7 Å². The van der Waals surface area contributed by atoms with Crippen LogP contribution in [-0.2, 0) is 16.1 Å². The first-order valence-electron chi connectivity index (χ1n) is 11.6. The summed E-state index contributed by atoms with van der Waals surface area (Å²) in [6, 6.07) is 17.3. The largest absolute Gasteiger partial charge is 0.507 e. The van der Waals surface area contributed by atoms with E-state index < -0.39 is 17.7 Å². The monoisotopic (exact) mass is 459 g/mol. The molecule has 1 saturated heterocycles. The maximum atomic E-state index is 13.1. The summed E-state index contributed by atoms with van der Waals surface area (Å²) in [4.78, 5) is 27.6. The number of aliphatic hydroxyl groups is 1. The normalized spacial score (nSPS) is 17.4. The van der Waals surface area contributed by atoms with E-state index >= 15 is 0 Å². The van der Waals surface area contributed by atoms with E-state index in [1.54, 1.807) is 24.3 Å². The van der Waals surface area contributed by atoms with Crippen molar-refractivity contribution in [3.8, 4) is 5.75 Å². The number of aliphatic hydroxyl groups excluding tert-OH is 1. The second-order valence-corrected chi connectivity index (χ2v) is 8.50. The van der Waals surface area contributed by atoms with Crippen LogP contribution in [0.3, 0.4) is 0 Å². The van der Waals surface area contributed by atoms with Crippen molar-refractivity contribution in [1.82, 2.24) is 4.90 Å². The average molecular weight is 460 g/mol. The Labute approximate surface area is 199 Å². The van der Waals surface area contributed by atoms with Gasteiger partial charge in [-0.05, 0) is 43.2 Å². The van der Waals surface area contributed by atoms with Crippen LogP contribution in [0.2, 0.25) is 0 Å². The number of furan rings is 1. The Kier molecular flexibility index (Phi) is 7.16. The summed E-state index contributed by atoms with van der Waals surface area (Å²) in [5.74, 6) is -0.297. The van der Waals surface area contributed by atoms with E-state index in [2.05, 4.69) is 6.92 Å². The Hall–Kier alpha value is -3.80. The number of benzene rings is 2. The van der Waals surface area contributed by atoms with Crippen molar-refractivity contribution in [2.24, 2.45) is 0 Å². The molecular formula is C28H29NO5. The minimum Gasteiger partial charge on any atom is -0.507 e. The zero-order valence-corrected chi connectivity index (χ0v) is 19.5. The van der Waals surface area contributed by atoms with Gasteiger partial charge in [0.2, 0.25) is 0 Å². The topological polar surface area (TPSA) is 80.0 Å². The van der Waals surface area contributed by atoms with Crippen molar-refractivity contribution >= 4 is 17.4 Å². The number of hydrogen-bond acceptors (Lipinski definition) is 5. The first-order valence-corrected chi connectivity index (χ1v) is 11.6. The molecule has 0 spiro atoms.